The number of halogens is 1. The van der Waals surface area contributed by atoms with Crippen molar-refractivity contribution in [2.24, 2.45) is 0 Å². The average molecular weight is 339 g/mol. The van der Waals surface area contributed by atoms with Crippen LogP contribution in [0.15, 0.2) is 66.7 Å². The molecule has 3 rings (SSSR count). The van der Waals surface area contributed by atoms with Crippen molar-refractivity contribution < 1.29 is 4.79 Å². The Morgan fingerprint density at radius 3 is 2.33 bits per heavy atom. The van der Waals surface area contributed by atoms with Gasteiger partial charge in [-0.1, -0.05) is 41.9 Å². The smallest absolute Gasteiger partial charge is 0.276 e. The third-order valence-corrected chi connectivity index (χ3v) is 3.82. The van der Waals surface area contributed by atoms with Crippen LogP contribution >= 0.6 is 11.6 Å². The van der Waals surface area contributed by atoms with E-state index in [9.17, 15) is 4.79 Å². The SMILES string of the molecule is CN(c1ccccc1)c1ccc(C(=O)Nc2ccccc2Cl)nn1. The second-order valence-electron chi connectivity index (χ2n) is 5.11. The van der Waals surface area contributed by atoms with Crippen LogP contribution in [0.3, 0.4) is 0 Å². The molecule has 0 bridgehead atoms. The second kappa shape index (κ2) is 7.10. The van der Waals surface area contributed by atoms with Gasteiger partial charge in [-0.2, -0.15) is 0 Å². The zero-order valence-electron chi connectivity index (χ0n) is 13.0. The van der Waals surface area contributed by atoms with Gasteiger partial charge in [0.05, 0.1) is 10.7 Å². The Bertz CT molecular complexity index is 837. The quantitative estimate of drug-likeness (QED) is 0.776. The average Bonchev–Trinajstić information content (AvgIpc) is 2.64. The van der Waals surface area contributed by atoms with E-state index in [1.807, 2.05) is 42.3 Å². The Hall–Kier alpha value is -2.92. The third kappa shape index (κ3) is 3.52. The minimum absolute atomic E-state index is 0.222. The van der Waals surface area contributed by atoms with E-state index in [-0.39, 0.29) is 11.6 Å². The topological polar surface area (TPSA) is 58.1 Å². The van der Waals surface area contributed by atoms with Gasteiger partial charge < -0.3 is 10.2 Å². The summed E-state index contributed by atoms with van der Waals surface area (Å²) >= 11 is 6.03. The minimum Gasteiger partial charge on any atom is -0.328 e. The number of carbonyl (C=O) groups excluding carboxylic acids is 1. The van der Waals surface area contributed by atoms with Crippen molar-refractivity contribution in [3.05, 3.63) is 77.4 Å². The largest absolute Gasteiger partial charge is 0.328 e. The number of aromatic nitrogens is 2. The molecule has 3 aromatic rings. The van der Waals surface area contributed by atoms with Gasteiger partial charge in [-0.3, -0.25) is 4.79 Å². The fourth-order valence-electron chi connectivity index (χ4n) is 2.16. The van der Waals surface area contributed by atoms with Crippen molar-refractivity contribution in [1.29, 1.82) is 0 Å². The highest BCUT2D eigenvalue weighted by molar-refractivity contribution is 6.33. The highest BCUT2D eigenvalue weighted by Crippen LogP contribution is 2.22. The number of rotatable bonds is 4. The molecule has 1 amide bonds. The molecule has 1 N–H and O–H groups in total. The first-order valence-corrected chi connectivity index (χ1v) is 7.71. The summed E-state index contributed by atoms with van der Waals surface area (Å²) in [7, 11) is 1.89. The molecule has 6 heteroatoms. The summed E-state index contributed by atoms with van der Waals surface area (Å²) in [5, 5.41) is 11.3. The van der Waals surface area contributed by atoms with Crippen LogP contribution in [-0.2, 0) is 0 Å². The van der Waals surface area contributed by atoms with E-state index in [2.05, 4.69) is 15.5 Å². The van der Waals surface area contributed by atoms with Crippen molar-refractivity contribution >= 4 is 34.7 Å². The molecule has 1 aromatic heterocycles. The van der Waals surface area contributed by atoms with Gasteiger partial charge in [-0.25, -0.2) is 0 Å². The molecule has 0 aliphatic rings. The van der Waals surface area contributed by atoms with Gasteiger partial charge in [0.2, 0.25) is 0 Å². The maximum Gasteiger partial charge on any atom is 0.276 e. The highest BCUT2D eigenvalue weighted by atomic mass is 35.5. The fraction of sp³-hybridized carbons (Fsp3) is 0.0556. The van der Waals surface area contributed by atoms with Gasteiger partial charge in [0.1, 0.15) is 0 Å². The van der Waals surface area contributed by atoms with Gasteiger partial charge in [-0.15, -0.1) is 10.2 Å². The molecule has 0 fully saturated rings. The number of carbonyl (C=O) groups is 1. The lowest BCUT2D eigenvalue weighted by Gasteiger charge is -2.17. The Kier molecular flexibility index (Phi) is 4.72. The van der Waals surface area contributed by atoms with Gasteiger partial charge in [0.15, 0.2) is 11.5 Å². The zero-order chi connectivity index (χ0) is 16.9. The number of anilines is 3. The fourth-order valence-corrected chi connectivity index (χ4v) is 2.34. The van der Waals surface area contributed by atoms with E-state index >= 15 is 0 Å². The Morgan fingerprint density at radius 1 is 0.958 bits per heavy atom. The summed E-state index contributed by atoms with van der Waals surface area (Å²) in [5.41, 5.74) is 1.75. The van der Waals surface area contributed by atoms with E-state index in [1.165, 1.54) is 0 Å². The minimum atomic E-state index is -0.357. The van der Waals surface area contributed by atoms with E-state index in [1.54, 1.807) is 36.4 Å². The molecule has 0 aliphatic heterocycles. The number of para-hydroxylation sites is 2. The lowest BCUT2D eigenvalue weighted by atomic mass is 10.3. The number of hydrogen-bond acceptors (Lipinski definition) is 4. The number of nitrogens with one attached hydrogen (secondary N) is 1. The van der Waals surface area contributed by atoms with Crippen molar-refractivity contribution in [2.75, 3.05) is 17.3 Å². The van der Waals surface area contributed by atoms with Gasteiger partial charge >= 0.3 is 0 Å². The van der Waals surface area contributed by atoms with E-state index in [0.717, 1.165) is 5.69 Å². The van der Waals surface area contributed by atoms with E-state index in [4.69, 9.17) is 11.6 Å². The third-order valence-electron chi connectivity index (χ3n) is 3.49. The summed E-state index contributed by atoms with van der Waals surface area (Å²) in [6, 6.07) is 20.2. The predicted octanol–water partition coefficient (Wildman–Crippen LogP) is 4.15. The molecule has 5 nitrogen and oxygen atoms in total. The van der Waals surface area contributed by atoms with Gasteiger partial charge in [0.25, 0.3) is 5.91 Å². The molecule has 0 spiro atoms. The number of benzene rings is 2. The summed E-state index contributed by atoms with van der Waals surface area (Å²) in [6.07, 6.45) is 0. The predicted molar refractivity (Wildman–Crippen MR) is 95.9 cm³/mol. The van der Waals surface area contributed by atoms with Crippen LogP contribution in [-0.4, -0.2) is 23.2 Å². The van der Waals surface area contributed by atoms with Crippen LogP contribution in [0.2, 0.25) is 5.02 Å². The molecule has 0 saturated carbocycles. The van der Waals surface area contributed by atoms with E-state index < -0.39 is 0 Å². The van der Waals surface area contributed by atoms with Crippen LogP contribution in [0.1, 0.15) is 10.5 Å². The first-order valence-electron chi connectivity index (χ1n) is 7.33. The zero-order valence-corrected chi connectivity index (χ0v) is 13.7. The van der Waals surface area contributed by atoms with Crippen molar-refractivity contribution in [3.8, 4) is 0 Å². The molecule has 120 valence electrons. The molecule has 0 saturated heterocycles. The van der Waals surface area contributed by atoms with E-state index in [0.29, 0.717) is 16.5 Å². The Labute approximate surface area is 144 Å². The van der Waals surface area contributed by atoms with Gasteiger partial charge in [0, 0.05) is 12.7 Å². The highest BCUT2D eigenvalue weighted by Gasteiger charge is 2.12. The van der Waals surface area contributed by atoms with Crippen molar-refractivity contribution in [3.63, 3.8) is 0 Å². The number of amides is 1. The summed E-state index contributed by atoms with van der Waals surface area (Å²) in [5.74, 6) is 0.292. The molecule has 24 heavy (non-hydrogen) atoms. The monoisotopic (exact) mass is 338 g/mol. The van der Waals surface area contributed by atoms with Crippen molar-refractivity contribution in [1.82, 2.24) is 10.2 Å². The first kappa shape index (κ1) is 16.0. The second-order valence-corrected chi connectivity index (χ2v) is 5.51. The van der Waals surface area contributed by atoms with Crippen LogP contribution in [0.4, 0.5) is 17.2 Å². The van der Waals surface area contributed by atoms with Crippen LogP contribution in [0.25, 0.3) is 0 Å². The van der Waals surface area contributed by atoms with Gasteiger partial charge in [-0.05, 0) is 36.4 Å². The Balaban J connectivity index is 1.75. The molecular formula is C18H15ClN4O. The molecule has 0 radical (unpaired) electrons. The molecule has 2 aromatic carbocycles. The molecule has 0 atom stereocenters. The van der Waals surface area contributed by atoms with Crippen LogP contribution in [0, 0.1) is 0 Å². The maximum atomic E-state index is 12.2. The summed E-state index contributed by atoms with van der Waals surface area (Å²) in [4.78, 5) is 14.1. The summed E-state index contributed by atoms with van der Waals surface area (Å²) < 4.78 is 0. The molecule has 0 aliphatic carbocycles. The normalized spacial score (nSPS) is 10.2. The Morgan fingerprint density at radius 2 is 1.67 bits per heavy atom. The molecular weight excluding hydrogens is 324 g/mol. The van der Waals surface area contributed by atoms with Crippen molar-refractivity contribution in [2.45, 2.75) is 0 Å². The number of nitrogens with zero attached hydrogens (tertiary/aromatic N) is 3. The molecule has 0 unspecified atom stereocenters. The number of hydrogen-bond donors (Lipinski definition) is 1. The maximum absolute atomic E-state index is 12.2. The summed E-state index contributed by atoms with van der Waals surface area (Å²) in [6.45, 7) is 0. The van der Waals surface area contributed by atoms with Crippen LogP contribution in [0.5, 0.6) is 0 Å². The standard InChI is InChI=1S/C18H15ClN4O/c1-23(13-7-3-2-4-8-13)17-12-11-16(21-22-17)18(24)20-15-10-6-5-9-14(15)19/h2-12H,1H3,(H,20,24). The lowest BCUT2D eigenvalue weighted by molar-refractivity contribution is 0.102. The molecule has 1 heterocycles. The lowest BCUT2D eigenvalue weighted by Crippen LogP contribution is -2.17. The van der Waals surface area contributed by atoms with Crippen LogP contribution < -0.4 is 10.2 Å². The first-order chi connectivity index (χ1) is 11.6.